The van der Waals surface area contributed by atoms with E-state index in [2.05, 4.69) is 36.5 Å². The van der Waals surface area contributed by atoms with Crippen LogP contribution in [0.1, 0.15) is 28.8 Å². The predicted molar refractivity (Wildman–Crippen MR) is 97.7 cm³/mol. The Kier molecular flexibility index (Phi) is 5.28. The molecule has 1 amide bonds. The molecule has 0 radical (unpaired) electrons. The van der Waals surface area contributed by atoms with Gasteiger partial charge in [-0.05, 0) is 38.1 Å². The Morgan fingerprint density at radius 1 is 1.28 bits per heavy atom. The van der Waals surface area contributed by atoms with Crippen LogP contribution < -0.4 is 5.32 Å². The lowest BCUT2D eigenvalue weighted by molar-refractivity contribution is 0.0953. The van der Waals surface area contributed by atoms with Crippen molar-refractivity contribution in [3.8, 4) is 5.69 Å². The van der Waals surface area contributed by atoms with Gasteiger partial charge in [0.05, 0.1) is 23.1 Å². The van der Waals surface area contributed by atoms with Crippen LogP contribution in [0.4, 0.5) is 0 Å². The summed E-state index contributed by atoms with van der Waals surface area (Å²) in [6, 6.07) is 7.78. The smallest absolute Gasteiger partial charge is 0.254 e. The summed E-state index contributed by atoms with van der Waals surface area (Å²) in [4.78, 5) is 12.4. The summed E-state index contributed by atoms with van der Waals surface area (Å²) in [5.74, 6) is 0.730. The summed E-state index contributed by atoms with van der Waals surface area (Å²) < 4.78 is 4.72. The van der Waals surface area contributed by atoms with E-state index in [9.17, 15) is 4.79 Å². The highest BCUT2D eigenvalue weighted by Gasteiger charge is 2.15. The topological polar surface area (TPSA) is 77.6 Å². The van der Waals surface area contributed by atoms with E-state index >= 15 is 0 Å². The lowest BCUT2D eigenvalue weighted by Gasteiger charge is -2.07. The molecule has 1 aromatic carbocycles. The van der Waals surface area contributed by atoms with Gasteiger partial charge in [0.1, 0.15) is 12.2 Å². The van der Waals surface area contributed by atoms with Gasteiger partial charge in [-0.3, -0.25) is 4.79 Å². The SMILES string of the molecule is CCn1cnnc1CCNC(=O)c1cnn(-c2ccc(Br)cc2)c1C. The number of aromatic nitrogens is 5. The first-order valence-corrected chi connectivity index (χ1v) is 8.85. The van der Waals surface area contributed by atoms with Gasteiger partial charge in [-0.25, -0.2) is 4.68 Å². The van der Waals surface area contributed by atoms with Crippen LogP contribution in [0.25, 0.3) is 5.69 Å². The molecule has 2 heterocycles. The van der Waals surface area contributed by atoms with Gasteiger partial charge in [0.15, 0.2) is 0 Å². The Balaban J connectivity index is 1.66. The lowest BCUT2D eigenvalue weighted by Crippen LogP contribution is -2.26. The van der Waals surface area contributed by atoms with Crippen molar-refractivity contribution in [1.82, 2.24) is 29.9 Å². The second kappa shape index (κ2) is 7.60. The minimum Gasteiger partial charge on any atom is -0.351 e. The van der Waals surface area contributed by atoms with Crippen molar-refractivity contribution in [1.29, 1.82) is 0 Å². The molecule has 0 spiro atoms. The highest BCUT2D eigenvalue weighted by Crippen LogP contribution is 2.17. The maximum Gasteiger partial charge on any atom is 0.254 e. The number of carbonyl (C=O) groups is 1. The number of hydrogen-bond donors (Lipinski definition) is 1. The standard InChI is InChI=1S/C17H19BrN6O/c1-3-23-11-20-22-16(23)8-9-19-17(25)15-10-21-24(12(15)2)14-6-4-13(18)5-7-14/h4-7,10-11H,3,8-9H2,1-2H3,(H,19,25). The largest absolute Gasteiger partial charge is 0.351 e. The molecular formula is C17H19BrN6O. The van der Waals surface area contributed by atoms with Crippen molar-refractivity contribution in [3.05, 3.63) is 58.3 Å². The number of halogens is 1. The lowest BCUT2D eigenvalue weighted by atomic mass is 10.2. The minimum absolute atomic E-state index is 0.136. The molecule has 0 atom stereocenters. The summed E-state index contributed by atoms with van der Waals surface area (Å²) in [5, 5.41) is 15.2. The first-order valence-electron chi connectivity index (χ1n) is 8.05. The Bertz CT molecular complexity index is 868. The Morgan fingerprint density at radius 2 is 2.04 bits per heavy atom. The van der Waals surface area contributed by atoms with E-state index < -0.39 is 0 Å². The monoisotopic (exact) mass is 402 g/mol. The summed E-state index contributed by atoms with van der Waals surface area (Å²) >= 11 is 3.41. The van der Waals surface area contributed by atoms with Gasteiger partial charge >= 0.3 is 0 Å². The molecule has 3 rings (SSSR count). The molecule has 0 fully saturated rings. The van der Waals surface area contributed by atoms with Crippen molar-refractivity contribution in [3.63, 3.8) is 0 Å². The van der Waals surface area contributed by atoms with E-state index in [1.54, 1.807) is 17.2 Å². The highest BCUT2D eigenvalue weighted by atomic mass is 79.9. The van der Waals surface area contributed by atoms with Crippen molar-refractivity contribution < 1.29 is 4.79 Å². The van der Waals surface area contributed by atoms with Crippen LogP contribution in [0.15, 0.2) is 41.3 Å². The Hall–Kier alpha value is -2.48. The number of amides is 1. The fourth-order valence-corrected chi connectivity index (χ4v) is 2.86. The van der Waals surface area contributed by atoms with Crippen LogP contribution in [-0.2, 0) is 13.0 Å². The minimum atomic E-state index is -0.136. The number of nitrogens with one attached hydrogen (secondary N) is 1. The maximum atomic E-state index is 12.4. The van der Waals surface area contributed by atoms with Crippen molar-refractivity contribution in [2.45, 2.75) is 26.8 Å². The Morgan fingerprint density at radius 3 is 2.76 bits per heavy atom. The van der Waals surface area contributed by atoms with Crippen LogP contribution in [-0.4, -0.2) is 37.0 Å². The average Bonchev–Trinajstić information content (AvgIpc) is 3.22. The fourth-order valence-electron chi connectivity index (χ4n) is 2.59. The van der Waals surface area contributed by atoms with Gasteiger partial charge in [0.2, 0.25) is 0 Å². The first-order chi connectivity index (χ1) is 12.1. The molecule has 0 saturated heterocycles. The van der Waals surface area contributed by atoms with Gasteiger partial charge in [-0.1, -0.05) is 15.9 Å². The summed E-state index contributed by atoms with van der Waals surface area (Å²) in [6.45, 7) is 5.23. The van der Waals surface area contributed by atoms with Crippen molar-refractivity contribution >= 4 is 21.8 Å². The van der Waals surface area contributed by atoms with Crippen LogP contribution in [0, 0.1) is 6.92 Å². The molecule has 2 aromatic heterocycles. The van der Waals surface area contributed by atoms with Gasteiger partial charge < -0.3 is 9.88 Å². The third-order valence-electron chi connectivity index (χ3n) is 4.00. The second-order valence-electron chi connectivity index (χ2n) is 5.57. The Labute approximate surface area is 154 Å². The van der Waals surface area contributed by atoms with Gasteiger partial charge in [-0.15, -0.1) is 10.2 Å². The van der Waals surface area contributed by atoms with Gasteiger partial charge in [-0.2, -0.15) is 5.10 Å². The van der Waals surface area contributed by atoms with E-state index in [0.717, 1.165) is 28.2 Å². The number of hydrogen-bond acceptors (Lipinski definition) is 4. The molecule has 1 N–H and O–H groups in total. The quantitative estimate of drug-likeness (QED) is 0.686. The number of benzene rings is 1. The summed E-state index contributed by atoms with van der Waals surface area (Å²) in [6.07, 6.45) is 3.93. The van der Waals surface area contributed by atoms with E-state index in [0.29, 0.717) is 18.5 Å². The first kappa shape index (κ1) is 17.3. The number of rotatable bonds is 6. The third-order valence-corrected chi connectivity index (χ3v) is 4.52. The van der Waals surface area contributed by atoms with Crippen molar-refractivity contribution in [2.24, 2.45) is 0 Å². The van der Waals surface area contributed by atoms with E-state index in [4.69, 9.17) is 0 Å². The zero-order valence-corrected chi connectivity index (χ0v) is 15.7. The fraction of sp³-hybridized carbons (Fsp3) is 0.294. The van der Waals surface area contributed by atoms with Crippen LogP contribution >= 0.6 is 15.9 Å². The van der Waals surface area contributed by atoms with E-state index in [-0.39, 0.29) is 5.91 Å². The van der Waals surface area contributed by atoms with E-state index in [1.807, 2.05) is 42.7 Å². The molecule has 0 aliphatic carbocycles. The molecular weight excluding hydrogens is 384 g/mol. The van der Waals surface area contributed by atoms with Crippen molar-refractivity contribution in [2.75, 3.05) is 6.54 Å². The number of nitrogens with zero attached hydrogens (tertiary/aromatic N) is 5. The summed E-state index contributed by atoms with van der Waals surface area (Å²) in [7, 11) is 0. The molecule has 0 aliphatic rings. The summed E-state index contributed by atoms with van der Waals surface area (Å²) in [5.41, 5.74) is 2.28. The molecule has 0 aliphatic heterocycles. The molecule has 130 valence electrons. The molecule has 0 unspecified atom stereocenters. The van der Waals surface area contributed by atoms with Crippen LogP contribution in [0.2, 0.25) is 0 Å². The molecule has 7 nitrogen and oxygen atoms in total. The number of aryl methyl sites for hydroxylation is 1. The molecule has 25 heavy (non-hydrogen) atoms. The molecule has 0 saturated carbocycles. The third kappa shape index (κ3) is 3.79. The zero-order chi connectivity index (χ0) is 17.8. The molecule has 3 aromatic rings. The average molecular weight is 403 g/mol. The molecule has 8 heteroatoms. The maximum absolute atomic E-state index is 12.4. The van der Waals surface area contributed by atoms with Gasteiger partial charge in [0, 0.05) is 24.0 Å². The second-order valence-corrected chi connectivity index (χ2v) is 6.49. The normalized spacial score (nSPS) is 10.8. The highest BCUT2D eigenvalue weighted by molar-refractivity contribution is 9.10. The van der Waals surface area contributed by atoms with Crippen LogP contribution in [0.3, 0.4) is 0 Å². The van der Waals surface area contributed by atoms with Crippen LogP contribution in [0.5, 0.6) is 0 Å². The zero-order valence-electron chi connectivity index (χ0n) is 14.1. The number of carbonyl (C=O) groups excluding carboxylic acids is 1. The van der Waals surface area contributed by atoms with E-state index in [1.165, 1.54) is 0 Å². The predicted octanol–water partition coefficient (Wildman–Crippen LogP) is 2.53. The molecule has 0 bridgehead atoms. The van der Waals surface area contributed by atoms with Gasteiger partial charge in [0.25, 0.3) is 5.91 Å².